The van der Waals surface area contributed by atoms with Gasteiger partial charge in [-0.1, -0.05) is 12.7 Å². The fourth-order valence-corrected chi connectivity index (χ4v) is 1.77. The summed E-state index contributed by atoms with van der Waals surface area (Å²) >= 11 is 0. The minimum Gasteiger partial charge on any atom is -0.458 e. The SMILES string of the molecule is C=CCOC(=O)C(OC(C)=O)[PH](=O)OCC. The van der Waals surface area contributed by atoms with Crippen LogP contribution in [0.5, 0.6) is 0 Å². The Bertz CT molecular complexity index is 288. The number of hydrogen-bond donors (Lipinski definition) is 0. The summed E-state index contributed by atoms with van der Waals surface area (Å²) in [6, 6.07) is 0. The smallest absolute Gasteiger partial charge is 0.357 e. The van der Waals surface area contributed by atoms with Crippen LogP contribution in [0.25, 0.3) is 0 Å². The Morgan fingerprint density at radius 1 is 1.50 bits per heavy atom. The highest BCUT2D eigenvalue weighted by Gasteiger charge is 2.30. The highest BCUT2D eigenvalue weighted by molar-refractivity contribution is 7.41. The number of carbonyl (C=O) groups is 2. The first-order chi connectivity index (χ1) is 7.52. The van der Waals surface area contributed by atoms with Gasteiger partial charge in [0.15, 0.2) is 0 Å². The van der Waals surface area contributed by atoms with Gasteiger partial charge in [-0.25, -0.2) is 4.79 Å². The molecule has 7 heteroatoms. The second-order valence-corrected chi connectivity index (χ2v) is 4.11. The maximum atomic E-state index is 11.4. The minimum atomic E-state index is -2.81. The molecular formula is C9H15O6P. The van der Waals surface area contributed by atoms with Gasteiger partial charge >= 0.3 is 11.9 Å². The third-order valence-electron chi connectivity index (χ3n) is 1.34. The van der Waals surface area contributed by atoms with E-state index in [2.05, 4.69) is 16.1 Å². The van der Waals surface area contributed by atoms with E-state index >= 15 is 0 Å². The zero-order chi connectivity index (χ0) is 12.6. The van der Waals surface area contributed by atoms with Crippen LogP contribution in [0.4, 0.5) is 0 Å². The summed E-state index contributed by atoms with van der Waals surface area (Å²) in [6.45, 7) is 6.18. The molecule has 6 nitrogen and oxygen atoms in total. The van der Waals surface area contributed by atoms with E-state index in [1.54, 1.807) is 6.92 Å². The van der Waals surface area contributed by atoms with Crippen LogP contribution in [-0.2, 0) is 28.2 Å². The molecule has 0 rings (SSSR count). The van der Waals surface area contributed by atoms with Crippen molar-refractivity contribution in [3.05, 3.63) is 12.7 Å². The first-order valence-electron chi connectivity index (χ1n) is 4.64. The molecule has 16 heavy (non-hydrogen) atoms. The largest absolute Gasteiger partial charge is 0.458 e. The van der Waals surface area contributed by atoms with E-state index in [0.29, 0.717) is 0 Å². The second kappa shape index (κ2) is 8.07. The van der Waals surface area contributed by atoms with Gasteiger partial charge in [-0.2, -0.15) is 0 Å². The lowest BCUT2D eigenvalue weighted by atomic mass is 10.6. The number of esters is 2. The van der Waals surface area contributed by atoms with Crippen molar-refractivity contribution in [3.63, 3.8) is 0 Å². The van der Waals surface area contributed by atoms with E-state index in [1.165, 1.54) is 6.08 Å². The summed E-state index contributed by atoms with van der Waals surface area (Å²) in [6.07, 6.45) is 1.35. The van der Waals surface area contributed by atoms with Crippen molar-refractivity contribution >= 4 is 20.0 Å². The summed E-state index contributed by atoms with van der Waals surface area (Å²) in [5.74, 6) is -3.10. The number of hydrogen-bond acceptors (Lipinski definition) is 6. The molecule has 0 radical (unpaired) electrons. The summed E-state index contributed by atoms with van der Waals surface area (Å²) < 4.78 is 25.4. The Labute approximate surface area is 94.4 Å². The van der Waals surface area contributed by atoms with Crippen molar-refractivity contribution in [2.75, 3.05) is 13.2 Å². The maximum absolute atomic E-state index is 11.4. The van der Waals surface area contributed by atoms with Gasteiger partial charge < -0.3 is 14.0 Å². The molecule has 0 aliphatic heterocycles. The summed E-state index contributed by atoms with van der Waals surface area (Å²) in [5.41, 5.74) is 0. The molecule has 0 saturated heterocycles. The summed E-state index contributed by atoms with van der Waals surface area (Å²) in [7, 11) is -2.81. The summed E-state index contributed by atoms with van der Waals surface area (Å²) in [4.78, 5) is 22.1. The number of carbonyl (C=O) groups excluding carboxylic acids is 2. The van der Waals surface area contributed by atoms with Crippen molar-refractivity contribution in [2.45, 2.75) is 19.7 Å². The van der Waals surface area contributed by atoms with Crippen LogP contribution < -0.4 is 0 Å². The molecule has 0 spiro atoms. The maximum Gasteiger partial charge on any atom is 0.357 e. The van der Waals surface area contributed by atoms with Gasteiger partial charge in [0.1, 0.15) is 6.61 Å². The topological polar surface area (TPSA) is 78.9 Å². The molecule has 0 aromatic heterocycles. The number of ether oxygens (including phenoxy) is 2. The molecule has 92 valence electrons. The first-order valence-corrected chi connectivity index (χ1v) is 6.03. The average molecular weight is 250 g/mol. The van der Waals surface area contributed by atoms with Crippen LogP contribution >= 0.6 is 8.03 Å². The van der Waals surface area contributed by atoms with Crippen LogP contribution in [0.1, 0.15) is 13.8 Å². The molecule has 0 aliphatic rings. The zero-order valence-electron chi connectivity index (χ0n) is 9.23. The molecule has 2 atom stereocenters. The van der Waals surface area contributed by atoms with Gasteiger partial charge in [-0.15, -0.1) is 0 Å². The van der Waals surface area contributed by atoms with Gasteiger partial charge in [-0.05, 0) is 6.92 Å². The van der Waals surface area contributed by atoms with E-state index in [-0.39, 0.29) is 13.2 Å². The average Bonchev–Trinajstić information content (AvgIpc) is 2.22. The summed E-state index contributed by atoms with van der Waals surface area (Å²) in [5, 5.41) is 0. The Morgan fingerprint density at radius 3 is 2.56 bits per heavy atom. The van der Waals surface area contributed by atoms with Gasteiger partial charge in [-0.3, -0.25) is 9.36 Å². The molecule has 0 amide bonds. The molecule has 0 aliphatic carbocycles. The molecule has 0 aromatic carbocycles. The molecule has 2 unspecified atom stereocenters. The predicted molar refractivity (Wildman–Crippen MR) is 57.3 cm³/mol. The molecule has 0 N–H and O–H groups in total. The molecule has 0 bridgehead atoms. The Morgan fingerprint density at radius 2 is 2.12 bits per heavy atom. The highest BCUT2D eigenvalue weighted by atomic mass is 31.1. The molecular weight excluding hydrogens is 235 g/mol. The molecule has 0 saturated carbocycles. The minimum absolute atomic E-state index is 0.0438. The highest BCUT2D eigenvalue weighted by Crippen LogP contribution is 2.31. The van der Waals surface area contributed by atoms with Gasteiger partial charge in [0, 0.05) is 6.92 Å². The van der Waals surface area contributed by atoms with E-state index in [4.69, 9.17) is 4.52 Å². The third-order valence-corrected chi connectivity index (χ3v) is 2.70. The second-order valence-electron chi connectivity index (χ2n) is 2.66. The van der Waals surface area contributed by atoms with Crippen LogP contribution in [0.3, 0.4) is 0 Å². The lowest BCUT2D eigenvalue weighted by Crippen LogP contribution is -2.26. The van der Waals surface area contributed by atoms with Gasteiger partial charge in [0.2, 0.25) is 8.03 Å². The van der Waals surface area contributed by atoms with E-state index < -0.39 is 25.8 Å². The van der Waals surface area contributed by atoms with Crippen LogP contribution in [0, 0.1) is 0 Å². The molecule has 0 fully saturated rings. The third kappa shape index (κ3) is 5.68. The van der Waals surface area contributed by atoms with Crippen molar-refractivity contribution in [1.82, 2.24) is 0 Å². The van der Waals surface area contributed by atoms with Crippen molar-refractivity contribution < 1.29 is 28.2 Å². The molecule has 0 aromatic rings. The Hall–Kier alpha value is -1.13. The van der Waals surface area contributed by atoms with Crippen LogP contribution in [-0.4, -0.2) is 31.0 Å². The molecule has 0 heterocycles. The lowest BCUT2D eigenvalue weighted by Gasteiger charge is -2.14. The lowest BCUT2D eigenvalue weighted by molar-refractivity contribution is -0.160. The Kier molecular flexibility index (Phi) is 7.50. The standard InChI is InChI=1S/C9H15O6P/c1-4-6-13-8(11)9(15-7(3)10)16(12)14-5-2/h4,9,16H,1,5-6H2,2-3H3. The van der Waals surface area contributed by atoms with Crippen molar-refractivity contribution in [3.8, 4) is 0 Å². The normalized spacial score (nSPS) is 13.6. The van der Waals surface area contributed by atoms with Crippen molar-refractivity contribution in [1.29, 1.82) is 0 Å². The Balaban J connectivity index is 4.51. The van der Waals surface area contributed by atoms with Gasteiger partial charge in [0.05, 0.1) is 6.61 Å². The first kappa shape index (κ1) is 14.9. The van der Waals surface area contributed by atoms with E-state index in [0.717, 1.165) is 6.92 Å². The predicted octanol–water partition coefficient (Wildman–Crippen LogP) is 1.12. The van der Waals surface area contributed by atoms with Crippen molar-refractivity contribution in [2.24, 2.45) is 0 Å². The van der Waals surface area contributed by atoms with Gasteiger partial charge in [0.25, 0.3) is 5.85 Å². The number of rotatable bonds is 7. The monoisotopic (exact) mass is 250 g/mol. The van der Waals surface area contributed by atoms with Crippen LogP contribution in [0.15, 0.2) is 12.7 Å². The van der Waals surface area contributed by atoms with E-state index in [9.17, 15) is 14.2 Å². The zero-order valence-corrected chi connectivity index (χ0v) is 10.2. The quantitative estimate of drug-likeness (QED) is 0.382. The van der Waals surface area contributed by atoms with Crippen LogP contribution in [0.2, 0.25) is 0 Å². The fourth-order valence-electron chi connectivity index (χ4n) is 0.793. The van der Waals surface area contributed by atoms with E-state index in [1.807, 2.05) is 0 Å². The fraction of sp³-hybridized carbons (Fsp3) is 0.556.